The van der Waals surface area contributed by atoms with Crippen LogP contribution in [0.4, 0.5) is 0 Å². The lowest BCUT2D eigenvalue weighted by Gasteiger charge is -2.31. The summed E-state index contributed by atoms with van der Waals surface area (Å²) in [4.78, 5) is 14.2. The number of likely N-dealkylation sites (N-methyl/N-ethyl adjacent to an activating group) is 1. The van der Waals surface area contributed by atoms with E-state index in [0.717, 1.165) is 38.4 Å². The molecule has 1 N–H and O–H groups in total. The van der Waals surface area contributed by atoms with Gasteiger partial charge in [0.05, 0.1) is 0 Å². The van der Waals surface area contributed by atoms with Gasteiger partial charge in [0, 0.05) is 25.6 Å². The number of hydrogen-bond donors (Lipinski definition) is 1. The van der Waals surface area contributed by atoms with E-state index in [1.54, 1.807) is 0 Å². The topological polar surface area (TPSA) is 32.3 Å². The van der Waals surface area contributed by atoms with Crippen molar-refractivity contribution in [2.45, 2.75) is 64.3 Å². The molecule has 1 atom stereocenters. The molecule has 0 aromatic carbocycles. The van der Waals surface area contributed by atoms with E-state index in [1.165, 1.54) is 38.5 Å². The zero-order chi connectivity index (χ0) is 12.8. The van der Waals surface area contributed by atoms with Crippen LogP contribution >= 0.6 is 0 Å². The smallest absolute Gasteiger partial charge is 0.222 e. The van der Waals surface area contributed by atoms with Crippen LogP contribution in [0.2, 0.25) is 0 Å². The van der Waals surface area contributed by atoms with E-state index in [1.807, 2.05) is 0 Å². The number of carbonyl (C=O) groups excluding carboxylic acids is 1. The third-order valence-corrected chi connectivity index (χ3v) is 4.52. The summed E-state index contributed by atoms with van der Waals surface area (Å²) < 4.78 is 0. The predicted octanol–water partition coefficient (Wildman–Crippen LogP) is 2.56. The number of carbonyl (C=O) groups is 1. The molecule has 2 aliphatic rings. The fraction of sp³-hybridized carbons (Fsp3) is 0.933. The lowest BCUT2D eigenvalue weighted by Crippen LogP contribution is -2.47. The molecule has 1 saturated carbocycles. The zero-order valence-corrected chi connectivity index (χ0v) is 11.8. The van der Waals surface area contributed by atoms with Gasteiger partial charge in [-0.1, -0.05) is 26.2 Å². The van der Waals surface area contributed by atoms with E-state index >= 15 is 0 Å². The minimum atomic E-state index is 0.383. The number of amides is 1. The second-order valence-corrected chi connectivity index (χ2v) is 5.86. The summed E-state index contributed by atoms with van der Waals surface area (Å²) in [7, 11) is 0. The summed E-state index contributed by atoms with van der Waals surface area (Å²) in [5, 5.41) is 3.62. The van der Waals surface area contributed by atoms with Gasteiger partial charge in [-0.05, 0) is 38.1 Å². The van der Waals surface area contributed by atoms with Crippen molar-refractivity contribution in [3.8, 4) is 0 Å². The zero-order valence-electron chi connectivity index (χ0n) is 11.8. The first-order chi connectivity index (χ1) is 8.81. The van der Waals surface area contributed by atoms with Crippen molar-refractivity contribution in [1.82, 2.24) is 10.2 Å². The van der Waals surface area contributed by atoms with Gasteiger partial charge in [0.2, 0.25) is 5.91 Å². The van der Waals surface area contributed by atoms with Crippen molar-refractivity contribution < 1.29 is 4.79 Å². The molecule has 0 spiro atoms. The maximum absolute atomic E-state index is 12.1. The van der Waals surface area contributed by atoms with Gasteiger partial charge < -0.3 is 10.2 Å². The molecule has 18 heavy (non-hydrogen) atoms. The van der Waals surface area contributed by atoms with Gasteiger partial charge in [0.1, 0.15) is 0 Å². The fourth-order valence-electron chi connectivity index (χ4n) is 3.47. The molecule has 0 aromatic rings. The highest BCUT2D eigenvalue weighted by molar-refractivity contribution is 5.76. The Morgan fingerprint density at radius 1 is 1.22 bits per heavy atom. The molecule has 104 valence electrons. The molecule has 3 heteroatoms. The normalized spacial score (nSPS) is 24.3. The summed E-state index contributed by atoms with van der Waals surface area (Å²) >= 11 is 0. The first-order valence-electron chi connectivity index (χ1n) is 7.82. The standard InChI is InChI=1S/C15H28N2O/c1-2-16-14(13-8-5-6-9-13)12-17-11-7-3-4-10-15(17)18/h13-14,16H,2-12H2,1H3. The van der Waals surface area contributed by atoms with Crippen molar-refractivity contribution in [1.29, 1.82) is 0 Å². The van der Waals surface area contributed by atoms with Gasteiger partial charge in [0.15, 0.2) is 0 Å². The van der Waals surface area contributed by atoms with Crippen LogP contribution in [-0.2, 0) is 4.79 Å². The molecule has 0 aromatic heterocycles. The molecule has 0 radical (unpaired) electrons. The van der Waals surface area contributed by atoms with E-state index in [2.05, 4.69) is 17.1 Å². The second-order valence-electron chi connectivity index (χ2n) is 5.86. The highest BCUT2D eigenvalue weighted by Crippen LogP contribution is 2.28. The van der Waals surface area contributed by atoms with Gasteiger partial charge in [0.25, 0.3) is 0 Å². The largest absolute Gasteiger partial charge is 0.341 e. The lowest BCUT2D eigenvalue weighted by atomic mass is 9.97. The first-order valence-corrected chi connectivity index (χ1v) is 7.82. The van der Waals surface area contributed by atoms with Gasteiger partial charge >= 0.3 is 0 Å². The minimum Gasteiger partial charge on any atom is -0.341 e. The fourth-order valence-corrected chi connectivity index (χ4v) is 3.47. The molecular formula is C15H28N2O. The minimum absolute atomic E-state index is 0.383. The molecule has 2 fully saturated rings. The van der Waals surface area contributed by atoms with Crippen LogP contribution in [-0.4, -0.2) is 36.5 Å². The van der Waals surface area contributed by atoms with Crippen LogP contribution in [0.3, 0.4) is 0 Å². The summed E-state index contributed by atoms with van der Waals surface area (Å²) in [6.45, 7) is 5.11. The predicted molar refractivity (Wildman–Crippen MR) is 74.5 cm³/mol. The number of likely N-dealkylation sites (tertiary alicyclic amines) is 1. The Hall–Kier alpha value is -0.570. The summed E-state index contributed by atoms with van der Waals surface area (Å²) in [5.74, 6) is 1.18. The monoisotopic (exact) mass is 252 g/mol. The Labute approximate surface area is 111 Å². The molecule has 1 amide bonds. The maximum atomic E-state index is 12.1. The molecule has 3 nitrogen and oxygen atoms in total. The van der Waals surface area contributed by atoms with Crippen molar-refractivity contribution in [3.63, 3.8) is 0 Å². The quantitative estimate of drug-likeness (QED) is 0.815. The van der Waals surface area contributed by atoms with E-state index in [0.29, 0.717) is 11.9 Å². The van der Waals surface area contributed by atoms with Gasteiger partial charge in [-0.3, -0.25) is 4.79 Å². The third-order valence-electron chi connectivity index (χ3n) is 4.52. The number of rotatable bonds is 5. The van der Waals surface area contributed by atoms with Gasteiger partial charge in [-0.25, -0.2) is 0 Å². The SMILES string of the molecule is CCNC(CN1CCCCCC1=O)C1CCCC1. The highest BCUT2D eigenvalue weighted by atomic mass is 16.2. The molecule has 1 aliphatic heterocycles. The van der Waals surface area contributed by atoms with Crippen molar-refractivity contribution >= 4 is 5.91 Å². The van der Waals surface area contributed by atoms with E-state index in [-0.39, 0.29) is 0 Å². The van der Waals surface area contributed by atoms with Crippen LogP contribution in [0.15, 0.2) is 0 Å². The van der Waals surface area contributed by atoms with E-state index in [4.69, 9.17) is 0 Å². The summed E-state index contributed by atoms with van der Waals surface area (Å²) in [5.41, 5.74) is 0. The average Bonchev–Trinajstić information content (AvgIpc) is 2.82. The molecule has 0 bridgehead atoms. The van der Waals surface area contributed by atoms with Gasteiger partial charge in [-0.15, -0.1) is 0 Å². The van der Waals surface area contributed by atoms with Crippen molar-refractivity contribution in [3.05, 3.63) is 0 Å². The van der Waals surface area contributed by atoms with E-state index < -0.39 is 0 Å². The number of nitrogens with one attached hydrogen (secondary N) is 1. The molecule has 1 heterocycles. The Balaban J connectivity index is 1.91. The first kappa shape index (κ1) is 13.9. The van der Waals surface area contributed by atoms with Crippen LogP contribution in [0.5, 0.6) is 0 Å². The maximum Gasteiger partial charge on any atom is 0.222 e. The highest BCUT2D eigenvalue weighted by Gasteiger charge is 2.28. The third kappa shape index (κ3) is 3.71. The Kier molecular flexibility index (Phi) is 5.48. The second kappa shape index (κ2) is 7.13. The van der Waals surface area contributed by atoms with Crippen molar-refractivity contribution in [2.24, 2.45) is 5.92 Å². The number of hydrogen-bond acceptors (Lipinski definition) is 2. The Morgan fingerprint density at radius 2 is 2.00 bits per heavy atom. The average molecular weight is 252 g/mol. The molecule has 2 rings (SSSR count). The van der Waals surface area contributed by atoms with Crippen LogP contribution in [0.1, 0.15) is 58.3 Å². The van der Waals surface area contributed by atoms with Crippen LogP contribution < -0.4 is 5.32 Å². The van der Waals surface area contributed by atoms with Crippen LogP contribution in [0, 0.1) is 5.92 Å². The Morgan fingerprint density at radius 3 is 2.72 bits per heavy atom. The van der Waals surface area contributed by atoms with Crippen molar-refractivity contribution in [2.75, 3.05) is 19.6 Å². The lowest BCUT2D eigenvalue weighted by molar-refractivity contribution is -0.131. The van der Waals surface area contributed by atoms with E-state index in [9.17, 15) is 4.79 Å². The molecule has 1 unspecified atom stereocenters. The summed E-state index contributed by atoms with van der Waals surface area (Å²) in [6, 6.07) is 0.527. The molecule has 1 saturated heterocycles. The van der Waals surface area contributed by atoms with Crippen LogP contribution in [0.25, 0.3) is 0 Å². The Bertz CT molecular complexity index is 261. The van der Waals surface area contributed by atoms with Gasteiger partial charge in [-0.2, -0.15) is 0 Å². The number of nitrogens with zero attached hydrogens (tertiary/aromatic N) is 1. The molecular weight excluding hydrogens is 224 g/mol. The summed E-state index contributed by atoms with van der Waals surface area (Å²) in [6.07, 6.45) is 9.71. The molecule has 1 aliphatic carbocycles.